The second kappa shape index (κ2) is 17.6. The fraction of sp³-hybridized carbons (Fsp3) is 0.326. The van der Waals surface area contributed by atoms with Crippen molar-refractivity contribution in [2.24, 2.45) is 5.73 Å². The van der Waals surface area contributed by atoms with Crippen molar-refractivity contribution in [2.75, 3.05) is 16.8 Å². The summed E-state index contributed by atoms with van der Waals surface area (Å²) in [7, 11) is 0. The fourth-order valence-electron chi connectivity index (χ4n) is 7.41. The zero-order valence-corrected chi connectivity index (χ0v) is 30.5. The summed E-state index contributed by atoms with van der Waals surface area (Å²) in [6.07, 6.45) is 3.44. The summed E-state index contributed by atoms with van der Waals surface area (Å²) < 4.78 is 0. The molecule has 282 valence electrons. The van der Waals surface area contributed by atoms with Crippen LogP contribution in [0.5, 0.6) is 5.75 Å². The van der Waals surface area contributed by atoms with Crippen molar-refractivity contribution in [3.63, 3.8) is 0 Å². The minimum atomic E-state index is -0.973. The first-order valence-electron chi connectivity index (χ1n) is 18.7. The van der Waals surface area contributed by atoms with Gasteiger partial charge in [0.1, 0.15) is 5.75 Å². The third-order valence-corrected chi connectivity index (χ3v) is 10.3. The van der Waals surface area contributed by atoms with Crippen LogP contribution in [0.25, 0.3) is 22.0 Å². The van der Waals surface area contributed by atoms with Gasteiger partial charge in [-0.15, -0.1) is 0 Å². The Labute approximate surface area is 314 Å². The number of hydrogen-bond donors (Lipinski definition) is 7. The number of carbonyl (C=O) groups excluding carboxylic acids is 1. The average Bonchev–Trinajstić information content (AvgIpc) is 3.16. The number of nitrogens with zero attached hydrogens (tertiary/aromatic N) is 1. The van der Waals surface area contributed by atoms with Crippen LogP contribution in [-0.4, -0.2) is 57.0 Å². The Bertz CT molecular complexity index is 2110. The third-order valence-electron chi connectivity index (χ3n) is 10.3. The number of aromatic nitrogens is 1. The molecular weight excluding hydrogens is 683 g/mol. The first-order valence-corrected chi connectivity index (χ1v) is 18.7. The van der Waals surface area contributed by atoms with Gasteiger partial charge >= 0.3 is 6.09 Å². The summed E-state index contributed by atoms with van der Waals surface area (Å²) in [5.74, 6) is -0.144. The maximum atomic E-state index is 12.9. The van der Waals surface area contributed by atoms with Crippen molar-refractivity contribution in [3.8, 4) is 16.9 Å². The molecule has 8 N–H and O–H groups in total. The molecule has 0 radical (unpaired) electrons. The number of rotatable bonds is 14. The monoisotopic (exact) mass is 731 g/mol. The quantitative estimate of drug-likeness (QED) is 0.0646. The summed E-state index contributed by atoms with van der Waals surface area (Å²) in [6, 6.07) is 29.6. The second-order valence-electron chi connectivity index (χ2n) is 14.4. The highest BCUT2D eigenvalue weighted by Gasteiger charge is 2.30. The Kier molecular flexibility index (Phi) is 12.4. The van der Waals surface area contributed by atoms with Crippen molar-refractivity contribution in [1.29, 1.82) is 0 Å². The molecule has 0 bridgehead atoms. The molecule has 54 heavy (non-hydrogen) atoms. The molecule has 1 aliphatic rings. The van der Waals surface area contributed by atoms with E-state index in [2.05, 4.69) is 15.6 Å². The zero-order valence-electron chi connectivity index (χ0n) is 30.5. The summed E-state index contributed by atoms with van der Waals surface area (Å²) in [4.78, 5) is 41.5. The first kappa shape index (κ1) is 38.2. The van der Waals surface area contributed by atoms with Crippen molar-refractivity contribution in [2.45, 2.75) is 82.5 Å². The maximum absolute atomic E-state index is 12.9. The number of H-pyrrole nitrogens is 1. The molecule has 1 unspecified atom stereocenters. The van der Waals surface area contributed by atoms with Crippen LogP contribution in [0, 0.1) is 0 Å². The van der Waals surface area contributed by atoms with E-state index in [9.17, 15) is 29.7 Å². The van der Waals surface area contributed by atoms with Gasteiger partial charge in [-0.1, -0.05) is 60.7 Å². The summed E-state index contributed by atoms with van der Waals surface area (Å²) in [5.41, 5.74) is 11.9. The van der Waals surface area contributed by atoms with E-state index in [1.54, 1.807) is 12.1 Å². The smallest absolute Gasteiger partial charge is 0.412 e. The Hall–Kier alpha value is -5.49. The lowest BCUT2D eigenvalue weighted by molar-refractivity contribution is -0.116. The number of fused-ring (bicyclic) bond motifs is 1. The van der Waals surface area contributed by atoms with E-state index in [1.807, 2.05) is 79.7 Å². The van der Waals surface area contributed by atoms with Gasteiger partial charge in [0, 0.05) is 53.8 Å². The van der Waals surface area contributed by atoms with Crippen molar-refractivity contribution >= 4 is 34.3 Å². The number of nitrogens with two attached hydrogens (primary N) is 1. The van der Waals surface area contributed by atoms with Gasteiger partial charge in [-0.3, -0.25) is 14.5 Å². The molecular formula is C43H49N5O6. The lowest BCUT2D eigenvalue weighted by atomic mass is 9.89. The van der Waals surface area contributed by atoms with E-state index in [-0.39, 0.29) is 41.9 Å². The van der Waals surface area contributed by atoms with Gasteiger partial charge in [0.2, 0.25) is 11.5 Å². The van der Waals surface area contributed by atoms with E-state index in [0.29, 0.717) is 53.5 Å². The number of carboxylic acid groups (broad SMARTS) is 1. The maximum Gasteiger partial charge on any atom is 0.412 e. The number of aryl methyl sites for hydroxylation is 1. The topological polar surface area (TPSA) is 181 Å². The molecule has 11 heteroatoms. The van der Waals surface area contributed by atoms with Gasteiger partial charge in [-0.2, -0.15) is 0 Å². The Morgan fingerprint density at radius 3 is 2.37 bits per heavy atom. The summed E-state index contributed by atoms with van der Waals surface area (Å²) in [6.45, 7) is 2.30. The van der Waals surface area contributed by atoms with Crippen molar-refractivity contribution in [3.05, 3.63) is 124 Å². The fourth-order valence-corrected chi connectivity index (χ4v) is 7.41. The van der Waals surface area contributed by atoms with Crippen molar-refractivity contribution < 1.29 is 24.9 Å². The highest BCUT2D eigenvalue weighted by molar-refractivity contribution is 5.94. The average molecular weight is 732 g/mol. The van der Waals surface area contributed by atoms with Gasteiger partial charge in [0.15, 0.2) is 0 Å². The largest absolute Gasteiger partial charge is 0.506 e. The number of aromatic hydroxyl groups is 1. The number of phenolic OH excluding ortho intramolecular Hbond substituents is 1. The summed E-state index contributed by atoms with van der Waals surface area (Å²) >= 11 is 0. The second-order valence-corrected chi connectivity index (χ2v) is 14.4. The number of carbonyl (C=O) groups is 2. The number of phenols is 1. The molecule has 1 fully saturated rings. The number of anilines is 2. The first-order chi connectivity index (χ1) is 26.0. The number of benzene rings is 4. The molecule has 1 saturated carbocycles. The van der Waals surface area contributed by atoms with Gasteiger partial charge in [0.25, 0.3) is 0 Å². The molecule has 2 atom stereocenters. The molecule has 11 nitrogen and oxygen atoms in total. The Morgan fingerprint density at radius 1 is 0.926 bits per heavy atom. The molecule has 1 aromatic heterocycles. The highest BCUT2D eigenvalue weighted by Crippen LogP contribution is 2.36. The van der Waals surface area contributed by atoms with E-state index < -0.39 is 12.2 Å². The van der Waals surface area contributed by atoms with Gasteiger partial charge < -0.3 is 36.7 Å². The van der Waals surface area contributed by atoms with Crippen LogP contribution in [0.1, 0.15) is 68.2 Å². The van der Waals surface area contributed by atoms with E-state index in [1.165, 1.54) is 17.0 Å². The third kappa shape index (κ3) is 9.54. The zero-order chi connectivity index (χ0) is 38.2. The minimum Gasteiger partial charge on any atom is -0.506 e. The molecule has 0 saturated heterocycles. The van der Waals surface area contributed by atoms with E-state index >= 15 is 0 Å². The van der Waals surface area contributed by atoms with Crippen LogP contribution in [0.3, 0.4) is 0 Å². The highest BCUT2D eigenvalue weighted by atomic mass is 16.4. The minimum absolute atomic E-state index is 0.0362. The predicted octanol–water partition coefficient (Wildman–Crippen LogP) is 6.87. The van der Waals surface area contributed by atoms with Crippen LogP contribution < -0.4 is 26.8 Å². The molecule has 5 aromatic rings. The van der Waals surface area contributed by atoms with Gasteiger partial charge in [-0.05, 0) is 104 Å². The Balaban J connectivity index is 1.01. The van der Waals surface area contributed by atoms with Crippen LogP contribution in [-0.2, 0) is 17.6 Å². The number of amides is 2. The van der Waals surface area contributed by atoms with E-state index in [4.69, 9.17) is 5.73 Å². The molecule has 6 rings (SSSR count). The van der Waals surface area contributed by atoms with Gasteiger partial charge in [0.05, 0.1) is 17.3 Å². The Morgan fingerprint density at radius 2 is 1.65 bits per heavy atom. The lowest BCUT2D eigenvalue weighted by Crippen LogP contribution is -2.44. The number of aromatic amines is 1. The molecule has 1 aliphatic carbocycles. The molecule has 0 spiro atoms. The number of nitrogens with one attached hydrogen (secondary N) is 3. The molecule has 0 aliphatic heterocycles. The SMILES string of the molecule is CC(Cc1ccc(NC(=O)CCCc2ccc(-c3ccccc3)c(N(C(=O)O)C3CCC(N)CC3)c2)cc1)NC[C@H](O)c1ccc(O)c2[nH]c(=O)ccc12. The number of aliphatic hydroxyl groups is 1. The van der Waals surface area contributed by atoms with Crippen LogP contribution in [0.2, 0.25) is 0 Å². The normalized spacial score (nSPS) is 16.8. The van der Waals surface area contributed by atoms with E-state index in [0.717, 1.165) is 47.9 Å². The molecule has 4 aromatic carbocycles. The summed E-state index contributed by atoms with van der Waals surface area (Å²) in [5, 5.41) is 38.4. The molecule has 1 heterocycles. The van der Waals surface area contributed by atoms with Crippen molar-refractivity contribution in [1.82, 2.24) is 10.3 Å². The van der Waals surface area contributed by atoms with Crippen LogP contribution >= 0.6 is 0 Å². The van der Waals surface area contributed by atoms with Crippen LogP contribution in [0.15, 0.2) is 102 Å². The molecule has 2 amide bonds. The van der Waals surface area contributed by atoms with Gasteiger partial charge in [-0.25, -0.2) is 4.79 Å². The number of hydrogen-bond acceptors (Lipinski definition) is 7. The lowest BCUT2D eigenvalue weighted by Gasteiger charge is -2.35. The standard InChI is InChI=1S/C43H49N5O6/c1-27(45-26-39(50)35-20-22-38(49)42-36(35)21-23-41(52)47-42)24-29-10-15-32(16-11-29)46-40(51)9-5-6-28-12-19-34(30-7-3-2-4-8-30)37(25-28)48(43(53)54)33-17-13-31(44)14-18-33/h2-4,7-8,10-12,15-16,19-23,25,27,31,33,39,45,49-50H,5-6,9,13-14,17-18,24,26,44H2,1H3,(H,46,51)(H,47,52)(H,53,54)/t27?,31?,33?,39-/m0/s1. The predicted molar refractivity (Wildman–Crippen MR) is 213 cm³/mol. The number of pyridine rings is 1. The number of aliphatic hydroxyl groups excluding tert-OH is 1. The van der Waals surface area contributed by atoms with Crippen LogP contribution in [0.4, 0.5) is 16.2 Å².